The van der Waals surface area contributed by atoms with Crippen molar-refractivity contribution in [1.29, 1.82) is 0 Å². The zero-order valence-corrected chi connectivity index (χ0v) is 19.2. The molecule has 0 aliphatic rings. The van der Waals surface area contributed by atoms with E-state index in [1.165, 1.54) is 0 Å². The van der Waals surface area contributed by atoms with Gasteiger partial charge in [0, 0.05) is 22.7 Å². The van der Waals surface area contributed by atoms with Crippen molar-refractivity contribution in [2.24, 2.45) is 0 Å². The van der Waals surface area contributed by atoms with Crippen molar-refractivity contribution in [3.05, 3.63) is 83.6 Å². The summed E-state index contributed by atoms with van der Waals surface area (Å²) in [5.41, 5.74) is 4.61. The molecule has 0 bridgehead atoms. The van der Waals surface area contributed by atoms with Gasteiger partial charge in [-0.15, -0.1) is 0 Å². The van der Waals surface area contributed by atoms with E-state index in [0.29, 0.717) is 29.0 Å². The number of carbonyl (C=O) groups is 1. The summed E-state index contributed by atoms with van der Waals surface area (Å²) in [4.78, 5) is 16.3. The number of aliphatic hydroxyl groups excluding tert-OH is 2. The summed E-state index contributed by atoms with van der Waals surface area (Å²) >= 11 is 0. The van der Waals surface area contributed by atoms with Crippen molar-refractivity contribution >= 4 is 16.8 Å². The maximum Gasteiger partial charge on any atom is 0.251 e. The van der Waals surface area contributed by atoms with Gasteiger partial charge in [-0.3, -0.25) is 4.79 Å². The van der Waals surface area contributed by atoms with Crippen LogP contribution in [0.4, 0.5) is 0 Å². The second kappa shape index (κ2) is 10.4. The molecule has 0 fully saturated rings. The smallest absolute Gasteiger partial charge is 0.251 e. The van der Waals surface area contributed by atoms with Gasteiger partial charge in [0.15, 0.2) is 11.5 Å². The standard InChI is InChI=1S/C27H28N2O5/c1-33-25-8-7-18(13-26(25)34-2)19-9-17(15-30)10-20(11-19)27(32)29-22(16-31)12-21-14-28-24-6-4-3-5-23(21)24/h3-11,13-14,22,28,30-31H,12,15-16H2,1-2H3,(H,29,32)/t22-/m1/s1. The molecule has 0 unspecified atom stereocenters. The Morgan fingerprint density at radius 2 is 1.76 bits per heavy atom. The third-order valence-electron chi connectivity index (χ3n) is 5.85. The number of aromatic nitrogens is 1. The molecule has 3 aromatic carbocycles. The molecule has 34 heavy (non-hydrogen) atoms. The predicted octanol–water partition coefficient (Wildman–Crippen LogP) is 3.68. The van der Waals surface area contributed by atoms with Gasteiger partial charge in [-0.05, 0) is 65.1 Å². The lowest BCUT2D eigenvalue weighted by atomic mass is 9.98. The zero-order valence-electron chi connectivity index (χ0n) is 19.2. The monoisotopic (exact) mass is 460 g/mol. The van der Waals surface area contributed by atoms with Crippen molar-refractivity contribution in [1.82, 2.24) is 10.3 Å². The lowest BCUT2D eigenvalue weighted by Crippen LogP contribution is -2.39. The van der Waals surface area contributed by atoms with Gasteiger partial charge in [0.1, 0.15) is 0 Å². The van der Waals surface area contributed by atoms with Gasteiger partial charge in [-0.1, -0.05) is 24.3 Å². The molecule has 0 saturated carbocycles. The van der Waals surface area contributed by atoms with Crippen LogP contribution in [0.15, 0.2) is 66.9 Å². The van der Waals surface area contributed by atoms with E-state index in [9.17, 15) is 15.0 Å². The first-order chi connectivity index (χ1) is 16.6. The Labute approximate surface area is 198 Å². The van der Waals surface area contributed by atoms with Crippen LogP contribution >= 0.6 is 0 Å². The first kappa shape index (κ1) is 23.4. The highest BCUT2D eigenvalue weighted by Gasteiger charge is 2.17. The number of methoxy groups -OCH3 is 2. The number of rotatable bonds is 9. The molecule has 0 saturated heterocycles. The van der Waals surface area contributed by atoms with Gasteiger partial charge < -0.3 is 30.0 Å². The van der Waals surface area contributed by atoms with E-state index in [1.54, 1.807) is 32.4 Å². The molecule has 1 heterocycles. The maximum absolute atomic E-state index is 13.1. The van der Waals surface area contributed by atoms with Crippen LogP contribution in [0.3, 0.4) is 0 Å². The number of ether oxygens (including phenoxy) is 2. The summed E-state index contributed by atoms with van der Waals surface area (Å²) < 4.78 is 10.7. The number of aliphatic hydroxyl groups is 2. The van der Waals surface area contributed by atoms with E-state index in [2.05, 4.69) is 10.3 Å². The van der Waals surface area contributed by atoms with Crippen molar-refractivity contribution < 1.29 is 24.5 Å². The van der Waals surface area contributed by atoms with Crippen LogP contribution in [0, 0.1) is 0 Å². The third-order valence-corrected chi connectivity index (χ3v) is 5.85. The molecule has 0 spiro atoms. The van der Waals surface area contributed by atoms with Gasteiger partial charge >= 0.3 is 0 Å². The summed E-state index contributed by atoms with van der Waals surface area (Å²) in [6.07, 6.45) is 2.38. The number of H-pyrrole nitrogens is 1. The van der Waals surface area contributed by atoms with Gasteiger partial charge in [0.2, 0.25) is 0 Å². The molecule has 4 aromatic rings. The molecule has 7 nitrogen and oxygen atoms in total. The predicted molar refractivity (Wildman–Crippen MR) is 131 cm³/mol. The minimum Gasteiger partial charge on any atom is -0.493 e. The molecule has 0 radical (unpaired) electrons. The highest BCUT2D eigenvalue weighted by molar-refractivity contribution is 5.96. The Morgan fingerprint density at radius 1 is 0.971 bits per heavy atom. The van der Waals surface area contributed by atoms with Gasteiger partial charge in [0.05, 0.1) is 33.5 Å². The zero-order chi connectivity index (χ0) is 24.1. The number of hydrogen-bond donors (Lipinski definition) is 4. The number of hydrogen-bond acceptors (Lipinski definition) is 5. The average molecular weight is 461 g/mol. The van der Waals surface area contributed by atoms with Crippen molar-refractivity contribution in [2.75, 3.05) is 20.8 Å². The maximum atomic E-state index is 13.1. The number of benzene rings is 3. The summed E-state index contributed by atoms with van der Waals surface area (Å²) in [6.45, 7) is -0.409. The summed E-state index contributed by atoms with van der Waals surface area (Å²) in [7, 11) is 3.13. The Morgan fingerprint density at radius 3 is 2.50 bits per heavy atom. The molecule has 0 aliphatic heterocycles. The van der Waals surface area contributed by atoms with Crippen LogP contribution in [0.5, 0.6) is 11.5 Å². The third kappa shape index (κ3) is 4.90. The topological polar surface area (TPSA) is 104 Å². The van der Waals surface area contributed by atoms with Gasteiger partial charge in [-0.25, -0.2) is 0 Å². The molecule has 4 N–H and O–H groups in total. The normalized spacial score (nSPS) is 11.9. The molecule has 1 atom stereocenters. The highest BCUT2D eigenvalue weighted by Crippen LogP contribution is 2.33. The van der Waals surface area contributed by atoms with Crippen molar-refractivity contribution in [2.45, 2.75) is 19.1 Å². The number of carbonyl (C=O) groups excluding carboxylic acids is 1. The quantitative estimate of drug-likeness (QED) is 0.305. The molecule has 1 aromatic heterocycles. The lowest BCUT2D eigenvalue weighted by Gasteiger charge is -2.17. The Hall–Kier alpha value is -3.81. The van der Waals surface area contributed by atoms with E-state index in [4.69, 9.17) is 9.47 Å². The number of nitrogens with one attached hydrogen (secondary N) is 2. The van der Waals surface area contributed by atoms with Crippen LogP contribution in [0.25, 0.3) is 22.0 Å². The molecule has 1 amide bonds. The van der Waals surface area contributed by atoms with E-state index < -0.39 is 6.04 Å². The van der Waals surface area contributed by atoms with Crippen LogP contribution < -0.4 is 14.8 Å². The van der Waals surface area contributed by atoms with Gasteiger partial charge in [-0.2, -0.15) is 0 Å². The van der Waals surface area contributed by atoms with Crippen LogP contribution in [-0.2, 0) is 13.0 Å². The number of amides is 1. The highest BCUT2D eigenvalue weighted by atomic mass is 16.5. The van der Waals surface area contributed by atoms with E-state index >= 15 is 0 Å². The molecular weight excluding hydrogens is 432 g/mol. The second-order valence-corrected chi connectivity index (χ2v) is 8.06. The average Bonchev–Trinajstić information content (AvgIpc) is 3.30. The lowest BCUT2D eigenvalue weighted by molar-refractivity contribution is 0.0916. The van der Waals surface area contributed by atoms with E-state index in [1.807, 2.05) is 48.7 Å². The van der Waals surface area contributed by atoms with Crippen molar-refractivity contribution in [3.8, 4) is 22.6 Å². The molecule has 7 heteroatoms. The fourth-order valence-corrected chi connectivity index (χ4v) is 4.09. The first-order valence-electron chi connectivity index (χ1n) is 11.0. The number of fused-ring (bicyclic) bond motifs is 1. The number of aromatic amines is 1. The fourth-order valence-electron chi connectivity index (χ4n) is 4.09. The SMILES string of the molecule is COc1ccc(-c2cc(CO)cc(C(=O)N[C@@H](CO)Cc3c[nH]c4ccccc34)c2)cc1OC. The van der Waals surface area contributed by atoms with Crippen LogP contribution in [0.1, 0.15) is 21.5 Å². The summed E-state index contributed by atoms with van der Waals surface area (Å²) in [5.74, 6) is 0.848. The van der Waals surface area contributed by atoms with Gasteiger partial charge in [0.25, 0.3) is 5.91 Å². The van der Waals surface area contributed by atoms with E-state index in [-0.39, 0.29) is 19.1 Å². The molecule has 176 valence electrons. The first-order valence-corrected chi connectivity index (χ1v) is 11.0. The van der Waals surface area contributed by atoms with Crippen LogP contribution in [0.2, 0.25) is 0 Å². The number of para-hydroxylation sites is 1. The minimum absolute atomic E-state index is 0.201. The summed E-state index contributed by atoms with van der Waals surface area (Å²) in [5, 5.41) is 23.7. The molecule has 0 aliphatic carbocycles. The fraction of sp³-hybridized carbons (Fsp3) is 0.222. The summed E-state index contributed by atoms with van der Waals surface area (Å²) in [6, 6.07) is 18.2. The Balaban J connectivity index is 1.58. The Kier molecular flexibility index (Phi) is 7.15. The molecule has 4 rings (SSSR count). The largest absolute Gasteiger partial charge is 0.493 e. The Bertz CT molecular complexity index is 1300. The second-order valence-electron chi connectivity index (χ2n) is 8.06. The van der Waals surface area contributed by atoms with E-state index in [0.717, 1.165) is 27.6 Å². The van der Waals surface area contributed by atoms with Crippen LogP contribution in [-0.4, -0.2) is 48.0 Å². The minimum atomic E-state index is -0.464. The van der Waals surface area contributed by atoms with Crippen molar-refractivity contribution in [3.63, 3.8) is 0 Å². The molecular formula is C27H28N2O5.